The number of methoxy groups -OCH3 is 1. The highest BCUT2D eigenvalue weighted by Crippen LogP contribution is 2.29. The van der Waals surface area contributed by atoms with Crippen molar-refractivity contribution in [3.63, 3.8) is 0 Å². The maximum atomic E-state index is 12.1. The fraction of sp³-hybridized carbons (Fsp3) is 0.118. The van der Waals surface area contributed by atoms with E-state index in [-0.39, 0.29) is 17.8 Å². The topological polar surface area (TPSA) is 77.3 Å². The number of benzene rings is 2. The molecule has 0 saturated carbocycles. The number of para-hydroxylation sites is 1. The molecule has 0 aliphatic rings. The molecule has 6 nitrogen and oxygen atoms in total. The Labute approximate surface area is 133 Å². The molecule has 116 valence electrons. The van der Waals surface area contributed by atoms with Crippen LogP contribution in [0.5, 0.6) is 5.75 Å². The van der Waals surface area contributed by atoms with Gasteiger partial charge in [-0.25, -0.2) is 0 Å². The van der Waals surface area contributed by atoms with E-state index in [1.807, 2.05) is 31.2 Å². The molecular formula is C17H15N3O3. The molecule has 23 heavy (non-hydrogen) atoms. The largest absolute Gasteiger partial charge is 0.496 e. The number of aryl methyl sites for hydroxylation is 1. The van der Waals surface area contributed by atoms with Crippen molar-refractivity contribution in [1.82, 2.24) is 10.2 Å². The molecule has 0 spiro atoms. The molecule has 0 aliphatic heterocycles. The van der Waals surface area contributed by atoms with Gasteiger partial charge in [0.1, 0.15) is 5.75 Å². The van der Waals surface area contributed by atoms with Crippen molar-refractivity contribution in [2.24, 2.45) is 0 Å². The second-order valence-corrected chi connectivity index (χ2v) is 4.93. The first-order valence-corrected chi connectivity index (χ1v) is 7.02. The van der Waals surface area contributed by atoms with Gasteiger partial charge in [0.15, 0.2) is 0 Å². The van der Waals surface area contributed by atoms with Crippen LogP contribution >= 0.6 is 0 Å². The molecular weight excluding hydrogens is 294 g/mol. The van der Waals surface area contributed by atoms with E-state index in [2.05, 4.69) is 15.5 Å². The highest BCUT2D eigenvalue weighted by molar-refractivity contribution is 6.03. The number of amides is 1. The van der Waals surface area contributed by atoms with Gasteiger partial charge >= 0.3 is 6.01 Å². The summed E-state index contributed by atoms with van der Waals surface area (Å²) in [6, 6.07) is 14.5. The minimum Gasteiger partial charge on any atom is -0.496 e. The lowest BCUT2D eigenvalue weighted by molar-refractivity contribution is 0.102. The van der Waals surface area contributed by atoms with Gasteiger partial charge in [-0.1, -0.05) is 34.9 Å². The molecule has 0 radical (unpaired) electrons. The summed E-state index contributed by atoms with van der Waals surface area (Å²) in [6.45, 7) is 1.96. The molecule has 3 rings (SSSR count). The number of rotatable bonds is 4. The Morgan fingerprint density at radius 2 is 1.83 bits per heavy atom. The zero-order valence-electron chi connectivity index (χ0n) is 12.7. The van der Waals surface area contributed by atoms with Gasteiger partial charge in [0, 0.05) is 5.56 Å². The molecule has 0 atom stereocenters. The van der Waals surface area contributed by atoms with Crippen molar-refractivity contribution < 1.29 is 13.9 Å². The monoisotopic (exact) mass is 309 g/mol. The Balaban J connectivity index is 1.79. The van der Waals surface area contributed by atoms with Gasteiger partial charge in [0.25, 0.3) is 11.8 Å². The molecule has 1 aromatic heterocycles. The zero-order valence-corrected chi connectivity index (χ0v) is 12.7. The summed E-state index contributed by atoms with van der Waals surface area (Å²) in [5.41, 5.74) is 2.27. The zero-order chi connectivity index (χ0) is 16.2. The summed E-state index contributed by atoms with van der Waals surface area (Å²) >= 11 is 0. The predicted octanol–water partition coefficient (Wildman–Crippen LogP) is 3.31. The molecule has 0 unspecified atom stereocenters. The van der Waals surface area contributed by atoms with Crippen molar-refractivity contribution in [3.8, 4) is 17.2 Å². The maximum Gasteiger partial charge on any atom is 0.322 e. The fourth-order valence-electron chi connectivity index (χ4n) is 2.08. The van der Waals surface area contributed by atoms with Crippen LogP contribution in [-0.2, 0) is 0 Å². The quantitative estimate of drug-likeness (QED) is 0.800. The van der Waals surface area contributed by atoms with E-state index in [9.17, 15) is 4.79 Å². The van der Waals surface area contributed by atoms with Crippen LogP contribution in [0.2, 0.25) is 0 Å². The van der Waals surface area contributed by atoms with Crippen molar-refractivity contribution >= 4 is 11.9 Å². The molecule has 0 fully saturated rings. The van der Waals surface area contributed by atoms with Crippen LogP contribution in [0.4, 0.5) is 6.01 Å². The standard InChI is InChI=1S/C17H15N3O3/c1-11-7-9-12(10-8-11)15(21)18-17-20-19-16(23-17)13-5-3-4-6-14(13)22-2/h3-10H,1-2H3,(H,18,20,21). The molecule has 3 aromatic rings. The number of anilines is 1. The first kappa shape index (κ1) is 14.8. The summed E-state index contributed by atoms with van der Waals surface area (Å²) in [4.78, 5) is 12.1. The van der Waals surface area contributed by atoms with Crippen molar-refractivity contribution in [2.75, 3.05) is 12.4 Å². The van der Waals surface area contributed by atoms with Gasteiger partial charge in [0.2, 0.25) is 0 Å². The molecule has 1 amide bonds. The number of aromatic nitrogens is 2. The third kappa shape index (κ3) is 3.21. The number of nitrogens with zero attached hydrogens (tertiary/aromatic N) is 2. The Kier molecular flexibility index (Phi) is 4.05. The molecule has 0 bridgehead atoms. The van der Waals surface area contributed by atoms with Gasteiger partial charge in [-0.3, -0.25) is 10.1 Å². The van der Waals surface area contributed by atoms with Gasteiger partial charge in [-0.15, -0.1) is 5.10 Å². The Morgan fingerprint density at radius 1 is 1.09 bits per heavy atom. The summed E-state index contributed by atoms with van der Waals surface area (Å²) in [5.74, 6) is 0.592. The lowest BCUT2D eigenvalue weighted by Gasteiger charge is -2.03. The molecule has 1 N–H and O–H groups in total. The number of carbonyl (C=O) groups is 1. The number of hydrogen-bond donors (Lipinski definition) is 1. The summed E-state index contributed by atoms with van der Waals surface area (Å²) in [7, 11) is 1.56. The number of carbonyl (C=O) groups excluding carboxylic acids is 1. The smallest absolute Gasteiger partial charge is 0.322 e. The Bertz CT molecular complexity index is 825. The van der Waals surface area contributed by atoms with E-state index in [1.54, 1.807) is 31.4 Å². The first-order valence-electron chi connectivity index (χ1n) is 7.02. The third-order valence-electron chi connectivity index (χ3n) is 3.30. The van der Waals surface area contributed by atoms with E-state index < -0.39 is 0 Å². The second-order valence-electron chi connectivity index (χ2n) is 4.93. The first-order chi connectivity index (χ1) is 11.2. The molecule has 0 saturated heterocycles. The van der Waals surface area contributed by atoms with Crippen LogP contribution in [0.25, 0.3) is 11.5 Å². The van der Waals surface area contributed by atoms with Crippen LogP contribution in [0, 0.1) is 6.92 Å². The minimum atomic E-state index is -0.305. The van der Waals surface area contributed by atoms with Crippen LogP contribution in [0.1, 0.15) is 15.9 Å². The van der Waals surface area contributed by atoms with Gasteiger partial charge < -0.3 is 9.15 Å². The van der Waals surface area contributed by atoms with Crippen molar-refractivity contribution in [1.29, 1.82) is 0 Å². The summed E-state index contributed by atoms with van der Waals surface area (Å²) in [6.07, 6.45) is 0. The van der Waals surface area contributed by atoms with Crippen LogP contribution in [0.3, 0.4) is 0 Å². The van der Waals surface area contributed by atoms with Gasteiger partial charge in [-0.2, -0.15) is 0 Å². The predicted molar refractivity (Wildman–Crippen MR) is 85.4 cm³/mol. The normalized spacial score (nSPS) is 10.3. The fourth-order valence-corrected chi connectivity index (χ4v) is 2.08. The van der Waals surface area contributed by atoms with E-state index in [4.69, 9.17) is 9.15 Å². The average molecular weight is 309 g/mol. The molecule has 6 heteroatoms. The minimum absolute atomic E-state index is 0.0384. The van der Waals surface area contributed by atoms with E-state index in [1.165, 1.54) is 0 Å². The van der Waals surface area contributed by atoms with E-state index in [0.717, 1.165) is 5.56 Å². The van der Waals surface area contributed by atoms with Crippen LogP contribution in [-0.4, -0.2) is 23.2 Å². The SMILES string of the molecule is COc1ccccc1-c1nnc(NC(=O)c2ccc(C)cc2)o1. The second kappa shape index (κ2) is 6.31. The Morgan fingerprint density at radius 3 is 2.57 bits per heavy atom. The van der Waals surface area contributed by atoms with Crippen LogP contribution in [0.15, 0.2) is 52.9 Å². The maximum absolute atomic E-state index is 12.1. The number of nitrogens with one attached hydrogen (secondary N) is 1. The summed E-state index contributed by atoms with van der Waals surface area (Å²) < 4.78 is 10.7. The number of ether oxygens (including phenoxy) is 1. The molecule has 2 aromatic carbocycles. The average Bonchev–Trinajstić information content (AvgIpc) is 3.03. The van der Waals surface area contributed by atoms with Gasteiger partial charge in [-0.05, 0) is 31.2 Å². The Hall–Kier alpha value is -3.15. The lowest BCUT2D eigenvalue weighted by atomic mass is 10.1. The van der Waals surface area contributed by atoms with Crippen molar-refractivity contribution in [2.45, 2.75) is 6.92 Å². The van der Waals surface area contributed by atoms with Crippen molar-refractivity contribution in [3.05, 3.63) is 59.7 Å². The molecule has 0 aliphatic carbocycles. The van der Waals surface area contributed by atoms with E-state index >= 15 is 0 Å². The highest BCUT2D eigenvalue weighted by Gasteiger charge is 2.15. The van der Waals surface area contributed by atoms with Crippen LogP contribution < -0.4 is 10.1 Å². The third-order valence-corrected chi connectivity index (χ3v) is 3.30. The highest BCUT2D eigenvalue weighted by atomic mass is 16.5. The lowest BCUT2D eigenvalue weighted by Crippen LogP contribution is -2.11. The molecule has 1 heterocycles. The van der Waals surface area contributed by atoms with E-state index in [0.29, 0.717) is 16.9 Å². The van der Waals surface area contributed by atoms with Gasteiger partial charge in [0.05, 0.1) is 12.7 Å². The summed E-state index contributed by atoms with van der Waals surface area (Å²) in [5, 5.41) is 10.4. The number of hydrogen-bond acceptors (Lipinski definition) is 5.